The van der Waals surface area contributed by atoms with Crippen LogP contribution in [0.25, 0.3) is 0 Å². The molecule has 0 atom stereocenters. The van der Waals surface area contributed by atoms with Gasteiger partial charge in [0.05, 0.1) is 17.0 Å². The number of aromatic carboxylic acids is 1. The SMILES string of the molecule is CN(C)S(=O)(=O)CCNc1cc(C(=O)O)c(N)cc1F. The number of carboxylic acids is 1. The third-order valence-electron chi connectivity index (χ3n) is 2.60. The molecule has 112 valence electrons. The Kier molecular flexibility index (Phi) is 4.90. The number of nitrogens with zero attached hydrogens (tertiary/aromatic N) is 1. The van der Waals surface area contributed by atoms with Crippen LogP contribution in [0, 0.1) is 5.82 Å². The number of carboxylic acid groups (broad SMARTS) is 1. The molecule has 20 heavy (non-hydrogen) atoms. The van der Waals surface area contributed by atoms with Gasteiger partial charge in [-0.3, -0.25) is 0 Å². The molecule has 0 radical (unpaired) electrons. The number of hydrogen-bond acceptors (Lipinski definition) is 5. The van der Waals surface area contributed by atoms with Crippen molar-refractivity contribution in [1.82, 2.24) is 4.31 Å². The Morgan fingerprint density at radius 1 is 1.45 bits per heavy atom. The number of carbonyl (C=O) groups is 1. The van der Waals surface area contributed by atoms with E-state index in [1.165, 1.54) is 14.1 Å². The Hall–Kier alpha value is -1.87. The van der Waals surface area contributed by atoms with Crippen molar-refractivity contribution in [2.24, 2.45) is 0 Å². The average Bonchev–Trinajstić information content (AvgIpc) is 2.31. The van der Waals surface area contributed by atoms with E-state index in [-0.39, 0.29) is 29.2 Å². The molecule has 0 spiro atoms. The first-order chi connectivity index (χ1) is 9.15. The first-order valence-corrected chi connectivity index (χ1v) is 7.22. The van der Waals surface area contributed by atoms with Gasteiger partial charge in [-0.25, -0.2) is 21.9 Å². The zero-order chi connectivity index (χ0) is 15.5. The fourth-order valence-electron chi connectivity index (χ4n) is 1.41. The maximum Gasteiger partial charge on any atom is 0.337 e. The molecule has 0 bridgehead atoms. The number of hydrogen-bond donors (Lipinski definition) is 3. The van der Waals surface area contributed by atoms with E-state index in [1.807, 2.05) is 0 Å². The Labute approximate surface area is 116 Å². The summed E-state index contributed by atoms with van der Waals surface area (Å²) in [6, 6.07) is 1.92. The van der Waals surface area contributed by atoms with Crippen LogP contribution >= 0.6 is 0 Å². The first-order valence-electron chi connectivity index (χ1n) is 5.61. The van der Waals surface area contributed by atoms with Crippen LogP contribution in [0.2, 0.25) is 0 Å². The van der Waals surface area contributed by atoms with E-state index in [0.717, 1.165) is 16.4 Å². The quantitative estimate of drug-likeness (QED) is 0.656. The highest BCUT2D eigenvalue weighted by molar-refractivity contribution is 7.89. The Morgan fingerprint density at radius 2 is 2.05 bits per heavy atom. The molecule has 1 rings (SSSR count). The first kappa shape index (κ1) is 16.2. The Balaban J connectivity index is 2.84. The molecule has 1 aromatic carbocycles. The minimum atomic E-state index is -3.41. The van der Waals surface area contributed by atoms with Crippen LogP contribution in [0.15, 0.2) is 12.1 Å². The van der Waals surface area contributed by atoms with Gasteiger partial charge in [-0.15, -0.1) is 0 Å². The molecule has 0 aliphatic carbocycles. The summed E-state index contributed by atoms with van der Waals surface area (Å²) in [5.74, 6) is -2.27. The second kappa shape index (κ2) is 6.06. The largest absolute Gasteiger partial charge is 0.478 e. The molecular formula is C11H16FN3O4S. The summed E-state index contributed by atoms with van der Waals surface area (Å²) in [6.45, 7) is -0.0551. The molecule has 0 amide bonds. The minimum Gasteiger partial charge on any atom is -0.478 e. The lowest BCUT2D eigenvalue weighted by atomic mass is 10.1. The second-order valence-electron chi connectivity index (χ2n) is 4.25. The monoisotopic (exact) mass is 305 g/mol. The number of nitrogen functional groups attached to an aromatic ring is 1. The van der Waals surface area contributed by atoms with Crippen LogP contribution in [-0.2, 0) is 10.0 Å². The van der Waals surface area contributed by atoms with E-state index in [9.17, 15) is 17.6 Å². The van der Waals surface area contributed by atoms with Crippen molar-refractivity contribution in [3.63, 3.8) is 0 Å². The summed E-state index contributed by atoms with van der Waals surface area (Å²) in [7, 11) is -0.627. The summed E-state index contributed by atoms with van der Waals surface area (Å²) < 4.78 is 37.7. The molecule has 0 aliphatic heterocycles. The number of benzene rings is 1. The highest BCUT2D eigenvalue weighted by Crippen LogP contribution is 2.22. The van der Waals surface area contributed by atoms with Crippen molar-refractivity contribution in [1.29, 1.82) is 0 Å². The summed E-state index contributed by atoms with van der Waals surface area (Å²) in [5.41, 5.74) is 4.83. The summed E-state index contributed by atoms with van der Waals surface area (Å²) >= 11 is 0. The van der Waals surface area contributed by atoms with Crippen LogP contribution in [0.4, 0.5) is 15.8 Å². The average molecular weight is 305 g/mol. The maximum atomic E-state index is 13.6. The van der Waals surface area contributed by atoms with E-state index in [1.54, 1.807) is 0 Å². The summed E-state index contributed by atoms with van der Waals surface area (Å²) in [6.07, 6.45) is 0. The van der Waals surface area contributed by atoms with E-state index in [2.05, 4.69) is 5.32 Å². The smallest absolute Gasteiger partial charge is 0.337 e. The van der Waals surface area contributed by atoms with Gasteiger partial charge in [0.1, 0.15) is 5.82 Å². The van der Waals surface area contributed by atoms with E-state index in [4.69, 9.17) is 10.8 Å². The number of nitrogens with one attached hydrogen (secondary N) is 1. The van der Waals surface area contributed by atoms with Crippen molar-refractivity contribution in [3.8, 4) is 0 Å². The molecule has 0 saturated carbocycles. The van der Waals surface area contributed by atoms with Crippen molar-refractivity contribution >= 4 is 27.4 Å². The van der Waals surface area contributed by atoms with E-state index < -0.39 is 21.8 Å². The highest BCUT2D eigenvalue weighted by atomic mass is 32.2. The number of halogens is 1. The van der Waals surface area contributed by atoms with Gasteiger partial charge in [0, 0.05) is 26.3 Å². The van der Waals surface area contributed by atoms with Crippen molar-refractivity contribution in [2.45, 2.75) is 0 Å². The fourth-order valence-corrected chi connectivity index (χ4v) is 2.13. The Morgan fingerprint density at radius 3 is 2.55 bits per heavy atom. The lowest BCUT2D eigenvalue weighted by Gasteiger charge is -2.13. The molecule has 1 aromatic rings. The molecule has 0 heterocycles. The number of nitrogens with two attached hydrogens (primary N) is 1. The topological polar surface area (TPSA) is 113 Å². The molecule has 0 aliphatic rings. The number of rotatable bonds is 6. The van der Waals surface area contributed by atoms with Crippen LogP contribution in [0.5, 0.6) is 0 Å². The zero-order valence-corrected chi connectivity index (χ0v) is 11.9. The molecule has 7 nitrogen and oxygen atoms in total. The van der Waals surface area contributed by atoms with Gasteiger partial charge in [-0.1, -0.05) is 0 Å². The molecule has 0 aromatic heterocycles. The fraction of sp³-hybridized carbons (Fsp3) is 0.364. The Bertz CT molecular complexity index is 616. The number of sulfonamides is 1. The van der Waals surface area contributed by atoms with Gasteiger partial charge in [-0.2, -0.15) is 0 Å². The molecule has 4 N–H and O–H groups in total. The van der Waals surface area contributed by atoms with Crippen LogP contribution in [0.1, 0.15) is 10.4 Å². The van der Waals surface area contributed by atoms with Crippen molar-refractivity contribution in [3.05, 3.63) is 23.5 Å². The van der Waals surface area contributed by atoms with Crippen LogP contribution in [0.3, 0.4) is 0 Å². The van der Waals surface area contributed by atoms with E-state index in [0.29, 0.717) is 0 Å². The van der Waals surface area contributed by atoms with Gasteiger partial charge in [-0.05, 0) is 12.1 Å². The molecule has 0 saturated heterocycles. The van der Waals surface area contributed by atoms with Gasteiger partial charge >= 0.3 is 5.97 Å². The van der Waals surface area contributed by atoms with Crippen LogP contribution in [-0.4, -0.2) is 50.2 Å². The predicted octanol–water partition coefficient (Wildman–Crippen LogP) is 0.409. The van der Waals surface area contributed by atoms with Crippen molar-refractivity contribution < 1.29 is 22.7 Å². The lowest BCUT2D eigenvalue weighted by Crippen LogP contribution is -2.28. The normalized spacial score (nSPS) is 11.6. The van der Waals surface area contributed by atoms with Gasteiger partial charge in [0.25, 0.3) is 0 Å². The predicted molar refractivity (Wildman–Crippen MR) is 73.7 cm³/mol. The molecule has 0 unspecified atom stereocenters. The zero-order valence-electron chi connectivity index (χ0n) is 11.1. The van der Waals surface area contributed by atoms with Gasteiger partial charge < -0.3 is 16.2 Å². The van der Waals surface area contributed by atoms with Gasteiger partial charge in [0.2, 0.25) is 10.0 Å². The van der Waals surface area contributed by atoms with Crippen molar-refractivity contribution in [2.75, 3.05) is 37.4 Å². The third kappa shape index (κ3) is 3.81. The van der Waals surface area contributed by atoms with Crippen LogP contribution < -0.4 is 11.1 Å². The van der Waals surface area contributed by atoms with Gasteiger partial charge in [0.15, 0.2) is 0 Å². The number of anilines is 2. The molecule has 9 heteroatoms. The summed E-state index contributed by atoms with van der Waals surface area (Å²) in [5, 5.41) is 11.4. The standard InChI is InChI=1S/C11H16FN3O4S/c1-15(2)20(18,19)4-3-14-10-5-7(11(16)17)9(13)6-8(10)12/h5-6,14H,3-4,13H2,1-2H3,(H,16,17). The summed E-state index contributed by atoms with van der Waals surface area (Å²) in [4.78, 5) is 10.9. The molecular weight excluding hydrogens is 289 g/mol. The highest BCUT2D eigenvalue weighted by Gasteiger charge is 2.15. The lowest BCUT2D eigenvalue weighted by molar-refractivity contribution is 0.0698. The third-order valence-corrected chi connectivity index (χ3v) is 4.43. The molecule has 0 fully saturated rings. The minimum absolute atomic E-state index is 0.0551. The van der Waals surface area contributed by atoms with E-state index >= 15 is 0 Å². The maximum absolute atomic E-state index is 13.6. The second-order valence-corrected chi connectivity index (χ2v) is 6.55.